The first-order valence-electron chi connectivity index (χ1n) is 11.4. The molecule has 0 saturated heterocycles. The predicted octanol–water partition coefficient (Wildman–Crippen LogP) is 6.44. The quantitative estimate of drug-likeness (QED) is 0.279. The van der Waals surface area contributed by atoms with Gasteiger partial charge in [-0.05, 0) is 49.2 Å². The Bertz CT molecular complexity index is 1400. The number of carbonyl (C=O) groups is 1. The van der Waals surface area contributed by atoms with E-state index in [2.05, 4.69) is 10.1 Å². The fraction of sp³-hybridized carbons (Fsp3) is 0.222. The lowest BCUT2D eigenvalue weighted by atomic mass is 10.1. The maximum absolute atomic E-state index is 13.1. The molecule has 0 aliphatic heterocycles. The fourth-order valence-corrected chi connectivity index (χ4v) is 4.16. The largest absolute Gasteiger partial charge is 0.573 e. The number of para-hydroxylation sites is 2. The van der Waals surface area contributed by atoms with E-state index >= 15 is 0 Å². The van der Waals surface area contributed by atoms with Gasteiger partial charge in [0.25, 0.3) is 0 Å². The van der Waals surface area contributed by atoms with Gasteiger partial charge in [0.05, 0.1) is 29.0 Å². The highest BCUT2D eigenvalue weighted by molar-refractivity contribution is 6.00. The molecule has 0 spiro atoms. The monoisotopic (exact) mass is 496 g/mol. The lowest BCUT2D eigenvalue weighted by Gasteiger charge is -2.17. The number of hydrogen-bond donors (Lipinski definition) is 2. The zero-order valence-corrected chi connectivity index (χ0v) is 19.1. The third-order valence-corrected chi connectivity index (χ3v) is 5.99. The molecular weight excluding hydrogens is 473 g/mol. The number of aromatic carboxylic acids is 1. The number of alkyl halides is 3. The molecule has 1 aliphatic carbocycles. The molecule has 5 rings (SSSR count). The molecule has 6 nitrogen and oxygen atoms in total. The van der Waals surface area contributed by atoms with Crippen LogP contribution in [-0.2, 0) is 13.2 Å². The number of anilines is 1. The number of nitrogens with zero attached hydrogens (tertiary/aromatic N) is 1. The van der Waals surface area contributed by atoms with Gasteiger partial charge >= 0.3 is 12.3 Å². The van der Waals surface area contributed by atoms with Crippen LogP contribution in [0.4, 0.5) is 18.9 Å². The molecule has 3 aromatic carbocycles. The first kappa shape index (κ1) is 23.6. The van der Waals surface area contributed by atoms with Crippen molar-refractivity contribution in [2.45, 2.75) is 38.4 Å². The highest BCUT2D eigenvalue weighted by Crippen LogP contribution is 2.38. The third-order valence-electron chi connectivity index (χ3n) is 5.99. The Morgan fingerprint density at radius 3 is 2.44 bits per heavy atom. The molecule has 1 heterocycles. The number of benzene rings is 3. The number of carboxylic acids is 1. The number of hydrogen-bond acceptors (Lipinski definition) is 4. The van der Waals surface area contributed by atoms with Crippen molar-refractivity contribution in [1.29, 1.82) is 0 Å². The second kappa shape index (κ2) is 9.49. The lowest BCUT2D eigenvalue weighted by molar-refractivity contribution is -0.274. The van der Waals surface area contributed by atoms with Gasteiger partial charge in [-0.1, -0.05) is 36.4 Å². The molecule has 0 atom stereocenters. The molecule has 9 heteroatoms. The first-order valence-corrected chi connectivity index (χ1v) is 11.4. The Hall–Kier alpha value is -4.14. The summed E-state index contributed by atoms with van der Waals surface area (Å²) < 4.78 is 51.4. The standard InChI is InChI=1S/C27H23F3N2O4/c28-27(29,30)36-24-9-5-4-6-18(24)15-32-22-13-10-17(26(33)34)14-21(22)25(31-19-11-12-19)23(32)16-35-20-7-2-1-3-8-20/h1-10,13-14,19,31H,11-12,15-16H2,(H,33,34). The van der Waals surface area contributed by atoms with Gasteiger partial charge in [0, 0.05) is 17.0 Å². The van der Waals surface area contributed by atoms with Crippen LogP contribution in [0.1, 0.15) is 34.5 Å². The predicted molar refractivity (Wildman–Crippen MR) is 129 cm³/mol. The Kier molecular flexibility index (Phi) is 6.22. The summed E-state index contributed by atoms with van der Waals surface area (Å²) in [6.45, 7) is 0.188. The van der Waals surface area contributed by atoms with Crippen LogP contribution in [0.2, 0.25) is 0 Å². The molecule has 1 aromatic heterocycles. The van der Waals surface area contributed by atoms with E-state index < -0.39 is 12.3 Å². The van der Waals surface area contributed by atoms with E-state index in [0.717, 1.165) is 18.5 Å². The van der Waals surface area contributed by atoms with Crippen LogP contribution in [0.3, 0.4) is 0 Å². The first-order chi connectivity index (χ1) is 17.3. The molecule has 1 fully saturated rings. The van der Waals surface area contributed by atoms with Gasteiger partial charge in [-0.2, -0.15) is 0 Å². The molecule has 0 radical (unpaired) electrons. The van der Waals surface area contributed by atoms with Gasteiger partial charge in [0.1, 0.15) is 18.1 Å². The molecule has 0 unspecified atom stereocenters. The van der Waals surface area contributed by atoms with Gasteiger partial charge in [-0.3, -0.25) is 0 Å². The Morgan fingerprint density at radius 2 is 1.75 bits per heavy atom. The number of rotatable bonds is 9. The van der Waals surface area contributed by atoms with E-state index in [4.69, 9.17) is 4.74 Å². The molecule has 1 saturated carbocycles. The second-order valence-electron chi connectivity index (χ2n) is 8.62. The van der Waals surface area contributed by atoms with Gasteiger partial charge < -0.3 is 24.5 Å². The van der Waals surface area contributed by atoms with Crippen LogP contribution in [0.15, 0.2) is 72.8 Å². The van der Waals surface area contributed by atoms with Crippen molar-refractivity contribution < 1.29 is 32.5 Å². The SMILES string of the molecule is O=C(O)c1ccc2c(c1)c(NC1CC1)c(COc1ccccc1)n2Cc1ccccc1OC(F)(F)F. The Balaban J connectivity index is 1.63. The number of nitrogens with one attached hydrogen (secondary N) is 1. The summed E-state index contributed by atoms with van der Waals surface area (Å²) in [6.07, 6.45) is -2.87. The Morgan fingerprint density at radius 1 is 1.03 bits per heavy atom. The van der Waals surface area contributed by atoms with E-state index in [1.165, 1.54) is 18.2 Å². The minimum Gasteiger partial charge on any atom is -0.487 e. The summed E-state index contributed by atoms with van der Waals surface area (Å²) in [6, 6.07) is 20.2. The van der Waals surface area contributed by atoms with Crippen LogP contribution in [0, 0.1) is 0 Å². The van der Waals surface area contributed by atoms with Gasteiger partial charge in [0.2, 0.25) is 0 Å². The number of carboxylic acid groups (broad SMARTS) is 1. The van der Waals surface area contributed by atoms with Crippen molar-refractivity contribution in [1.82, 2.24) is 4.57 Å². The van der Waals surface area contributed by atoms with Crippen LogP contribution in [-0.4, -0.2) is 28.0 Å². The highest BCUT2D eigenvalue weighted by Gasteiger charge is 2.32. The summed E-state index contributed by atoms with van der Waals surface area (Å²) >= 11 is 0. The normalized spacial score (nSPS) is 13.5. The molecule has 4 aromatic rings. The van der Waals surface area contributed by atoms with Crippen molar-refractivity contribution in [3.8, 4) is 11.5 Å². The number of halogens is 3. The number of fused-ring (bicyclic) bond motifs is 1. The topological polar surface area (TPSA) is 72.7 Å². The molecule has 36 heavy (non-hydrogen) atoms. The summed E-state index contributed by atoms with van der Waals surface area (Å²) in [5.74, 6) is -0.715. The summed E-state index contributed by atoms with van der Waals surface area (Å²) in [5.41, 5.74) is 2.55. The molecule has 2 N–H and O–H groups in total. The van der Waals surface area contributed by atoms with E-state index in [9.17, 15) is 23.1 Å². The average molecular weight is 496 g/mol. The van der Waals surface area contributed by atoms with Gasteiger partial charge in [-0.15, -0.1) is 13.2 Å². The zero-order valence-electron chi connectivity index (χ0n) is 19.1. The van der Waals surface area contributed by atoms with Crippen LogP contribution < -0.4 is 14.8 Å². The Labute approximate surface area is 204 Å². The van der Waals surface area contributed by atoms with Gasteiger partial charge in [0.15, 0.2) is 0 Å². The molecule has 0 amide bonds. The van der Waals surface area contributed by atoms with Crippen molar-refractivity contribution in [2.24, 2.45) is 0 Å². The number of ether oxygens (including phenoxy) is 2. The second-order valence-corrected chi connectivity index (χ2v) is 8.62. The third kappa shape index (κ3) is 5.25. The van der Waals surface area contributed by atoms with Gasteiger partial charge in [-0.25, -0.2) is 4.79 Å². The number of aromatic nitrogens is 1. The van der Waals surface area contributed by atoms with E-state index in [-0.39, 0.29) is 30.5 Å². The van der Waals surface area contributed by atoms with Crippen LogP contribution in [0.25, 0.3) is 10.9 Å². The van der Waals surface area contributed by atoms with Crippen molar-refractivity contribution in [3.63, 3.8) is 0 Å². The highest BCUT2D eigenvalue weighted by atomic mass is 19.4. The zero-order chi connectivity index (χ0) is 25.3. The smallest absolute Gasteiger partial charge is 0.487 e. The van der Waals surface area contributed by atoms with E-state index in [0.29, 0.717) is 27.9 Å². The minimum absolute atomic E-state index is 0.0645. The lowest BCUT2D eigenvalue weighted by Crippen LogP contribution is -2.19. The van der Waals surface area contributed by atoms with Crippen LogP contribution >= 0.6 is 0 Å². The van der Waals surface area contributed by atoms with Crippen molar-refractivity contribution in [3.05, 3.63) is 89.6 Å². The summed E-state index contributed by atoms with van der Waals surface area (Å²) in [4.78, 5) is 11.7. The molecule has 186 valence electrons. The average Bonchev–Trinajstić information content (AvgIpc) is 3.62. The van der Waals surface area contributed by atoms with Crippen molar-refractivity contribution in [2.75, 3.05) is 5.32 Å². The fourth-order valence-electron chi connectivity index (χ4n) is 4.16. The molecular formula is C27H23F3N2O4. The maximum atomic E-state index is 13.1. The summed E-state index contributed by atoms with van der Waals surface area (Å²) in [5, 5.41) is 13.7. The van der Waals surface area contributed by atoms with E-state index in [1.54, 1.807) is 24.3 Å². The molecule has 0 bridgehead atoms. The van der Waals surface area contributed by atoms with Crippen LogP contribution in [0.5, 0.6) is 11.5 Å². The molecule has 1 aliphatic rings. The minimum atomic E-state index is -4.83. The van der Waals surface area contributed by atoms with E-state index in [1.807, 2.05) is 34.9 Å². The summed E-state index contributed by atoms with van der Waals surface area (Å²) in [7, 11) is 0. The maximum Gasteiger partial charge on any atom is 0.573 e. The van der Waals surface area contributed by atoms with Crippen molar-refractivity contribution >= 4 is 22.6 Å².